The predicted molar refractivity (Wildman–Crippen MR) is 54.5 cm³/mol. The van der Waals surface area contributed by atoms with Crippen molar-refractivity contribution in [3.63, 3.8) is 0 Å². The average molecular weight is 214 g/mol. The minimum absolute atomic E-state index is 0.471. The van der Waals surface area contributed by atoms with Crippen molar-refractivity contribution < 1.29 is 14.6 Å². The van der Waals surface area contributed by atoms with Crippen LogP contribution in [0.1, 0.15) is 12.8 Å². The minimum atomic E-state index is -1.03. The third kappa shape index (κ3) is 2.30. The van der Waals surface area contributed by atoms with Crippen LogP contribution in [0.2, 0.25) is 0 Å². The van der Waals surface area contributed by atoms with Gasteiger partial charge in [0.1, 0.15) is 5.54 Å². The summed E-state index contributed by atoms with van der Waals surface area (Å²) < 4.78 is 5.29. The van der Waals surface area contributed by atoms with Crippen molar-refractivity contribution in [3.05, 3.63) is 0 Å². The van der Waals surface area contributed by atoms with E-state index in [1.165, 1.54) is 0 Å². The molecule has 0 aromatic carbocycles. The minimum Gasteiger partial charge on any atom is -0.480 e. The first-order valence-electron chi connectivity index (χ1n) is 5.42. The summed E-state index contributed by atoms with van der Waals surface area (Å²) in [6, 6.07) is 0. The highest BCUT2D eigenvalue weighted by Crippen LogP contribution is 2.22. The van der Waals surface area contributed by atoms with Gasteiger partial charge < -0.3 is 20.5 Å². The summed E-state index contributed by atoms with van der Waals surface area (Å²) in [5, 5.41) is 8.97. The van der Waals surface area contributed by atoms with E-state index in [9.17, 15) is 4.79 Å². The lowest BCUT2D eigenvalue weighted by Crippen LogP contribution is -2.50. The fourth-order valence-corrected chi connectivity index (χ4v) is 2.34. The number of aliphatic carboxylic acids is 1. The second-order valence-corrected chi connectivity index (χ2v) is 4.68. The van der Waals surface area contributed by atoms with Crippen LogP contribution in [0.3, 0.4) is 0 Å². The molecule has 0 bridgehead atoms. The first-order valence-corrected chi connectivity index (χ1v) is 5.42. The van der Waals surface area contributed by atoms with Crippen molar-refractivity contribution in [2.24, 2.45) is 11.7 Å². The third-order valence-corrected chi connectivity index (χ3v) is 3.35. The van der Waals surface area contributed by atoms with Gasteiger partial charge in [0.2, 0.25) is 0 Å². The molecule has 0 aromatic rings. The molecule has 0 aromatic heterocycles. The molecule has 0 spiro atoms. The second-order valence-electron chi connectivity index (χ2n) is 4.68. The topological polar surface area (TPSA) is 75.8 Å². The van der Waals surface area contributed by atoms with E-state index in [4.69, 9.17) is 15.6 Å². The highest BCUT2D eigenvalue weighted by Gasteiger charge is 2.41. The second kappa shape index (κ2) is 4.08. The van der Waals surface area contributed by atoms with Gasteiger partial charge in [-0.2, -0.15) is 0 Å². The van der Waals surface area contributed by atoms with Crippen molar-refractivity contribution in [2.45, 2.75) is 18.4 Å². The first-order chi connectivity index (χ1) is 7.10. The lowest BCUT2D eigenvalue weighted by atomic mass is 10.0. The molecule has 2 aliphatic rings. The van der Waals surface area contributed by atoms with Gasteiger partial charge in [-0.1, -0.05) is 0 Å². The van der Waals surface area contributed by atoms with E-state index in [1.54, 1.807) is 0 Å². The number of ether oxygens (including phenoxy) is 1. The number of carboxylic acid groups (broad SMARTS) is 1. The van der Waals surface area contributed by atoms with Crippen molar-refractivity contribution in [1.29, 1.82) is 0 Å². The molecule has 2 atom stereocenters. The van der Waals surface area contributed by atoms with Gasteiger partial charge in [-0.15, -0.1) is 0 Å². The molecular formula is C10H18N2O3. The molecule has 0 aliphatic carbocycles. The van der Waals surface area contributed by atoms with E-state index in [0.717, 1.165) is 32.7 Å². The zero-order chi connectivity index (χ0) is 10.9. The van der Waals surface area contributed by atoms with Crippen LogP contribution in [0.4, 0.5) is 0 Å². The van der Waals surface area contributed by atoms with Crippen LogP contribution >= 0.6 is 0 Å². The van der Waals surface area contributed by atoms with Crippen molar-refractivity contribution in [1.82, 2.24) is 4.90 Å². The summed E-state index contributed by atoms with van der Waals surface area (Å²) >= 11 is 0. The van der Waals surface area contributed by atoms with Crippen LogP contribution in [0.15, 0.2) is 0 Å². The zero-order valence-corrected chi connectivity index (χ0v) is 8.82. The van der Waals surface area contributed by atoms with Crippen molar-refractivity contribution in [2.75, 3.05) is 32.8 Å². The van der Waals surface area contributed by atoms with Gasteiger partial charge in [0, 0.05) is 26.2 Å². The smallest absolute Gasteiger partial charge is 0.325 e. The summed E-state index contributed by atoms with van der Waals surface area (Å²) in [6.45, 7) is 3.83. The number of carbonyl (C=O) groups is 1. The van der Waals surface area contributed by atoms with Gasteiger partial charge in [-0.05, 0) is 18.8 Å². The molecule has 5 heteroatoms. The van der Waals surface area contributed by atoms with Crippen molar-refractivity contribution >= 4 is 5.97 Å². The molecule has 15 heavy (non-hydrogen) atoms. The highest BCUT2D eigenvalue weighted by molar-refractivity contribution is 5.79. The van der Waals surface area contributed by atoms with Crippen LogP contribution in [0.25, 0.3) is 0 Å². The average Bonchev–Trinajstić information content (AvgIpc) is 2.77. The predicted octanol–water partition coefficient (Wildman–Crippen LogP) is -0.489. The molecule has 2 rings (SSSR count). The Morgan fingerprint density at radius 3 is 3.00 bits per heavy atom. The Kier molecular flexibility index (Phi) is 2.95. The molecule has 2 saturated heterocycles. The number of hydrogen-bond acceptors (Lipinski definition) is 4. The van der Waals surface area contributed by atoms with Gasteiger partial charge in [0.15, 0.2) is 0 Å². The van der Waals surface area contributed by atoms with Crippen LogP contribution in [-0.2, 0) is 9.53 Å². The molecule has 2 fully saturated rings. The maximum atomic E-state index is 10.9. The fourth-order valence-electron chi connectivity index (χ4n) is 2.34. The Morgan fingerprint density at radius 1 is 1.67 bits per heavy atom. The lowest BCUT2D eigenvalue weighted by Gasteiger charge is -2.21. The molecular weight excluding hydrogens is 196 g/mol. The van der Waals surface area contributed by atoms with E-state index >= 15 is 0 Å². The molecule has 3 N–H and O–H groups in total. The summed E-state index contributed by atoms with van der Waals surface area (Å²) in [5.41, 5.74) is 4.77. The van der Waals surface area contributed by atoms with Gasteiger partial charge in [0.05, 0.1) is 6.61 Å². The maximum Gasteiger partial charge on any atom is 0.325 e. The summed E-state index contributed by atoms with van der Waals surface area (Å²) in [6.07, 6.45) is 1.64. The highest BCUT2D eigenvalue weighted by atomic mass is 16.5. The third-order valence-electron chi connectivity index (χ3n) is 3.35. The monoisotopic (exact) mass is 214 g/mol. The number of hydrogen-bond donors (Lipinski definition) is 2. The van der Waals surface area contributed by atoms with Gasteiger partial charge in [0.25, 0.3) is 0 Å². The number of carboxylic acids is 1. The number of nitrogens with zero attached hydrogens (tertiary/aromatic N) is 1. The van der Waals surface area contributed by atoms with E-state index in [1.807, 2.05) is 0 Å². The molecule has 86 valence electrons. The van der Waals surface area contributed by atoms with Crippen LogP contribution < -0.4 is 5.73 Å². The Bertz CT molecular complexity index is 253. The van der Waals surface area contributed by atoms with Gasteiger partial charge in [-0.25, -0.2) is 0 Å². The molecule has 2 aliphatic heterocycles. The maximum absolute atomic E-state index is 10.9. The first kappa shape index (κ1) is 10.9. The summed E-state index contributed by atoms with van der Waals surface area (Å²) in [4.78, 5) is 13.1. The van der Waals surface area contributed by atoms with Crippen LogP contribution in [0, 0.1) is 5.92 Å². The van der Waals surface area contributed by atoms with Gasteiger partial charge in [-0.3, -0.25) is 4.79 Å². The molecule has 5 nitrogen and oxygen atoms in total. The quantitative estimate of drug-likeness (QED) is 0.663. The number of likely N-dealkylation sites (tertiary alicyclic amines) is 1. The molecule has 0 radical (unpaired) electrons. The van der Waals surface area contributed by atoms with Gasteiger partial charge >= 0.3 is 5.97 Å². The largest absolute Gasteiger partial charge is 0.480 e. The molecule has 2 heterocycles. The molecule has 2 unspecified atom stereocenters. The summed E-state index contributed by atoms with van der Waals surface area (Å²) in [7, 11) is 0. The zero-order valence-electron chi connectivity index (χ0n) is 8.82. The SMILES string of the molecule is NC1(C(=O)O)CCN(CC2CCOC2)C1. The summed E-state index contributed by atoms with van der Waals surface area (Å²) in [5.74, 6) is -0.325. The van der Waals surface area contributed by atoms with E-state index < -0.39 is 11.5 Å². The Hall–Kier alpha value is -0.650. The fraction of sp³-hybridized carbons (Fsp3) is 0.900. The number of nitrogens with two attached hydrogens (primary N) is 1. The van der Waals surface area contributed by atoms with E-state index in [-0.39, 0.29) is 0 Å². The lowest BCUT2D eigenvalue weighted by molar-refractivity contribution is -0.142. The Balaban J connectivity index is 1.84. The Labute approximate surface area is 89.2 Å². The normalized spacial score (nSPS) is 37.3. The molecule has 0 saturated carbocycles. The van der Waals surface area contributed by atoms with E-state index in [0.29, 0.717) is 18.9 Å². The van der Waals surface area contributed by atoms with E-state index in [2.05, 4.69) is 4.90 Å². The molecule has 0 amide bonds. The standard InChI is InChI=1S/C10H18N2O3/c11-10(9(13)14)2-3-12(7-10)5-8-1-4-15-6-8/h8H,1-7,11H2,(H,13,14). The van der Waals surface area contributed by atoms with Crippen molar-refractivity contribution in [3.8, 4) is 0 Å². The number of rotatable bonds is 3. The Morgan fingerprint density at radius 2 is 2.47 bits per heavy atom. The van der Waals surface area contributed by atoms with Crippen LogP contribution in [-0.4, -0.2) is 54.4 Å². The van der Waals surface area contributed by atoms with Crippen LogP contribution in [0.5, 0.6) is 0 Å².